The summed E-state index contributed by atoms with van der Waals surface area (Å²) in [4.78, 5) is 12.9. The Labute approximate surface area is 171 Å². The fourth-order valence-corrected chi connectivity index (χ4v) is 5.00. The van der Waals surface area contributed by atoms with E-state index < -0.39 is 10.0 Å². The normalized spacial score (nSPS) is 12.9. The highest BCUT2D eigenvalue weighted by atomic mass is 32.2. The van der Waals surface area contributed by atoms with E-state index in [1.54, 1.807) is 12.1 Å². The molecule has 0 heterocycles. The molecule has 1 amide bonds. The van der Waals surface area contributed by atoms with Crippen LogP contribution >= 0.6 is 0 Å². The van der Waals surface area contributed by atoms with Crippen LogP contribution in [0.25, 0.3) is 10.8 Å². The van der Waals surface area contributed by atoms with Crippen molar-refractivity contribution in [2.45, 2.75) is 26.2 Å². The van der Waals surface area contributed by atoms with Crippen LogP contribution in [-0.2, 0) is 34.1 Å². The van der Waals surface area contributed by atoms with Crippen LogP contribution in [0, 0.1) is 0 Å². The van der Waals surface area contributed by atoms with Crippen LogP contribution in [0.5, 0.6) is 0 Å². The summed E-state index contributed by atoms with van der Waals surface area (Å²) >= 11 is 0. The molecule has 6 heteroatoms. The number of rotatable bonds is 6. The van der Waals surface area contributed by atoms with Gasteiger partial charge in [-0.15, -0.1) is 0 Å². The van der Waals surface area contributed by atoms with E-state index in [-0.39, 0.29) is 12.5 Å². The Morgan fingerprint density at radius 2 is 1.72 bits per heavy atom. The minimum Gasteiger partial charge on any atom is -0.324 e. The average Bonchev–Trinajstić information content (AvgIpc) is 3.12. The van der Waals surface area contributed by atoms with Gasteiger partial charge in [0.25, 0.3) is 0 Å². The van der Waals surface area contributed by atoms with Gasteiger partial charge in [-0.3, -0.25) is 9.10 Å². The second-order valence-electron chi connectivity index (χ2n) is 7.41. The lowest BCUT2D eigenvalue weighted by molar-refractivity contribution is -0.114. The van der Waals surface area contributed by atoms with Gasteiger partial charge in [0.1, 0.15) is 6.54 Å². The van der Waals surface area contributed by atoms with Gasteiger partial charge in [-0.2, -0.15) is 0 Å². The zero-order valence-corrected chi connectivity index (χ0v) is 17.4. The summed E-state index contributed by atoms with van der Waals surface area (Å²) in [5.41, 5.74) is 4.74. The molecule has 0 radical (unpaired) electrons. The van der Waals surface area contributed by atoms with E-state index >= 15 is 0 Å². The van der Waals surface area contributed by atoms with E-state index in [1.165, 1.54) is 20.8 Å². The molecule has 1 N–H and O–H groups in total. The van der Waals surface area contributed by atoms with E-state index in [1.807, 2.05) is 37.3 Å². The molecule has 0 saturated heterocycles. The summed E-state index contributed by atoms with van der Waals surface area (Å²) in [6, 6.07) is 17.4. The molecule has 5 nitrogen and oxygen atoms in total. The van der Waals surface area contributed by atoms with Crippen LogP contribution in [-0.4, -0.2) is 27.1 Å². The van der Waals surface area contributed by atoms with Crippen molar-refractivity contribution < 1.29 is 13.2 Å². The highest BCUT2D eigenvalue weighted by molar-refractivity contribution is 7.92. The van der Waals surface area contributed by atoms with Gasteiger partial charge in [-0.25, -0.2) is 8.42 Å². The predicted octanol–water partition coefficient (Wildman–Crippen LogP) is 3.91. The second-order valence-corrected chi connectivity index (χ2v) is 9.32. The number of carbonyl (C=O) groups is 1. The number of hydrogen-bond donors (Lipinski definition) is 1. The molecule has 3 aromatic carbocycles. The minimum absolute atomic E-state index is 0.265. The molecular formula is C23H24N2O3S. The Balaban J connectivity index is 1.64. The Bertz CT molecular complexity index is 1190. The van der Waals surface area contributed by atoms with Crippen molar-refractivity contribution in [1.29, 1.82) is 0 Å². The van der Waals surface area contributed by atoms with Crippen LogP contribution in [0.3, 0.4) is 0 Å². The van der Waals surface area contributed by atoms with Gasteiger partial charge in [0.2, 0.25) is 15.9 Å². The van der Waals surface area contributed by atoms with Crippen molar-refractivity contribution in [1.82, 2.24) is 0 Å². The third-order valence-electron chi connectivity index (χ3n) is 5.48. The van der Waals surface area contributed by atoms with E-state index in [4.69, 9.17) is 0 Å². The maximum atomic E-state index is 12.9. The standard InChI is InChI=1S/C23H24N2O3S/c1-3-16-7-4-5-10-21(16)25(29(2,27)28)15-22(26)24-20-14-13-18-12-11-17-8-6-9-19(20)23(17)18/h4-10,13-14H,3,11-12,15H2,1-2H3,(H,24,26). The fourth-order valence-electron chi connectivity index (χ4n) is 4.11. The quantitative estimate of drug-likeness (QED) is 0.673. The second kappa shape index (κ2) is 7.52. The maximum absolute atomic E-state index is 12.9. The number of nitrogens with one attached hydrogen (secondary N) is 1. The summed E-state index contributed by atoms with van der Waals surface area (Å²) in [5, 5.41) is 5.15. The van der Waals surface area contributed by atoms with E-state index in [0.717, 1.165) is 35.7 Å². The van der Waals surface area contributed by atoms with Gasteiger partial charge in [-0.05, 0) is 53.5 Å². The van der Waals surface area contributed by atoms with Crippen molar-refractivity contribution in [2.24, 2.45) is 0 Å². The highest BCUT2D eigenvalue weighted by Crippen LogP contribution is 2.35. The molecule has 0 bridgehead atoms. The van der Waals surface area contributed by atoms with Crippen LogP contribution < -0.4 is 9.62 Å². The van der Waals surface area contributed by atoms with Crippen molar-refractivity contribution in [3.63, 3.8) is 0 Å². The minimum atomic E-state index is -3.61. The van der Waals surface area contributed by atoms with E-state index in [0.29, 0.717) is 12.1 Å². The monoisotopic (exact) mass is 408 g/mol. The molecular weight excluding hydrogens is 384 g/mol. The van der Waals surface area contributed by atoms with Crippen LogP contribution in [0.1, 0.15) is 23.6 Å². The zero-order chi connectivity index (χ0) is 20.6. The topological polar surface area (TPSA) is 66.5 Å². The van der Waals surface area contributed by atoms with Gasteiger partial charge in [-0.1, -0.05) is 49.4 Å². The SMILES string of the molecule is CCc1ccccc1N(CC(=O)Nc1ccc2c3c(cccc13)CC2)S(C)(=O)=O. The first-order valence-electron chi connectivity index (χ1n) is 9.77. The third-order valence-corrected chi connectivity index (χ3v) is 6.61. The average molecular weight is 409 g/mol. The van der Waals surface area contributed by atoms with Gasteiger partial charge in [0, 0.05) is 11.1 Å². The van der Waals surface area contributed by atoms with Gasteiger partial charge in [0.15, 0.2) is 0 Å². The molecule has 0 unspecified atom stereocenters. The van der Waals surface area contributed by atoms with Gasteiger partial charge in [0.05, 0.1) is 11.9 Å². The number of sulfonamides is 1. The Kier molecular flexibility index (Phi) is 5.04. The first-order valence-corrected chi connectivity index (χ1v) is 11.6. The lowest BCUT2D eigenvalue weighted by atomic mass is 10.0. The smallest absolute Gasteiger partial charge is 0.245 e. The van der Waals surface area contributed by atoms with Crippen molar-refractivity contribution in [3.8, 4) is 0 Å². The third kappa shape index (κ3) is 3.72. The number of amides is 1. The van der Waals surface area contributed by atoms with Gasteiger partial charge >= 0.3 is 0 Å². The molecule has 0 atom stereocenters. The first-order chi connectivity index (χ1) is 13.9. The van der Waals surface area contributed by atoms with Crippen molar-refractivity contribution >= 4 is 38.1 Å². The molecule has 29 heavy (non-hydrogen) atoms. The Morgan fingerprint density at radius 3 is 2.45 bits per heavy atom. The predicted molar refractivity (Wildman–Crippen MR) is 118 cm³/mol. The van der Waals surface area contributed by atoms with Crippen LogP contribution in [0.2, 0.25) is 0 Å². The maximum Gasteiger partial charge on any atom is 0.245 e. The number of carbonyl (C=O) groups excluding carboxylic acids is 1. The molecule has 0 aliphatic heterocycles. The summed E-state index contributed by atoms with van der Waals surface area (Å²) < 4.78 is 26.1. The van der Waals surface area contributed by atoms with Gasteiger partial charge < -0.3 is 5.32 Å². The molecule has 0 fully saturated rings. The number of aryl methyl sites for hydroxylation is 3. The molecule has 1 aliphatic carbocycles. The first kappa shape index (κ1) is 19.5. The summed E-state index contributed by atoms with van der Waals surface area (Å²) in [5.74, 6) is -0.361. The number of nitrogens with zero attached hydrogens (tertiary/aromatic N) is 1. The number of anilines is 2. The molecule has 4 rings (SSSR count). The van der Waals surface area contributed by atoms with Crippen molar-refractivity contribution in [2.75, 3.05) is 22.4 Å². The molecule has 0 spiro atoms. The summed E-state index contributed by atoms with van der Waals surface area (Å²) in [7, 11) is -3.61. The molecule has 0 aromatic heterocycles. The number of hydrogen-bond acceptors (Lipinski definition) is 3. The fraction of sp³-hybridized carbons (Fsp3) is 0.261. The summed E-state index contributed by atoms with van der Waals surface area (Å²) in [6.45, 7) is 1.70. The molecule has 3 aromatic rings. The lowest BCUT2D eigenvalue weighted by Crippen LogP contribution is -2.38. The Hall–Kier alpha value is -2.86. The Morgan fingerprint density at radius 1 is 1.00 bits per heavy atom. The van der Waals surface area contributed by atoms with E-state index in [2.05, 4.69) is 17.4 Å². The molecule has 150 valence electrons. The number of benzene rings is 3. The lowest BCUT2D eigenvalue weighted by Gasteiger charge is -2.24. The highest BCUT2D eigenvalue weighted by Gasteiger charge is 2.23. The summed E-state index contributed by atoms with van der Waals surface area (Å²) in [6.07, 6.45) is 3.84. The largest absolute Gasteiger partial charge is 0.324 e. The van der Waals surface area contributed by atoms with Crippen LogP contribution in [0.15, 0.2) is 54.6 Å². The van der Waals surface area contributed by atoms with Crippen LogP contribution in [0.4, 0.5) is 11.4 Å². The molecule has 1 aliphatic rings. The van der Waals surface area contributed by atoms with E-state index in [9.17, 15) is 13.2 Å². The zero-order valence-electron chi connectivity index (χ0n) is 16.6. The number of para-hydroxylation sites is 1. The van der Waals surface area contributed by atoms with Crippen molar-refractivity contribution in [3.05, 3.63) is 71.3 Å². The molecule has 0 saturated carbocycles.